The third-order valence-corrected chi connectivity index (χ3v) is 6.49. The minimum Gasteiger partial charge on any atom is -0.324 e. The van der Waals surface area contributed by atoms with Crippen LogP contribution in [-0.2, 0) is 14.8 Å². The van der Waals surface area contributed by atoms with Crippen LogP contribution in [-0.4, -0.2) is 20.9 Å². The van der Waals surface area contributed by atoms with Gasteiger partial charge >= 0.3 is 0 Å². The predicted molar refractivity (Wildman–Crippen MR) is 117 cm³/mol. The molecule has 0 aromatic heterocycles. The first-order valence-electron chi connectivity index (χ1n) is 9.49. The first-order chi connectivity index (χ1) is 14.6. The zero-order chi connectivity index (χ0) is 22.8. The molecule has 0 atom stereocenters. The summed E-state index contributed by atoms with van der Waals surface area (Å²) in [5, 5.41) is 2.42. The van der Waals surface area contributed by atoms with Crippen LogP contribution >= 0.6 is 0 Å². The molecule has 0 saturated carbocycles. The highest BCUT2D eigenvalue weighted by molar-refractivity contribution is 7.92. The summed E-state index contributed by atoms with van der Waals surface area (Å²) in [4.78, 5) is 12.7. The van der Waals surface area contributed by atoms with E-state index in [9.17, 15) is 22.0 Å². The van der Waals surface area contributed by atoms with Crippen molar-refractivity contribution in [2.75, 3.05) is 16.2 Å². The Morgan fingerprint density at radius 1 is 0.871 bits per heavy atom. The Balaban J connectivity index is 1.98. The number of carbonyl (C=O) groups is 1. The van der Waals surface area contributed by atoms with Gasteiger partial charge in [0.2, 0.25) is 5.91 Å². The number of nitrogens with one attached hydrogen (secondary N) is 1. The lowest BCUT2D eigenvalue weighted by molar-refractivity contribution is -0.114. The van der Waals surface area contributed by atoms with Gasteiger partial charge in [-0.3, -0.25) is 9.10 Å². The highest BCUT2D eigenvalue weighted by atomic mass is 32.2. The highest BCUT2D eigenvalue weighted by Crippen LogP contribution is 2.28. The quantitative estimate of drug-likeness (QED) is 0.598. The van der Waals surface area contributed by atoms with Crippen LogP contribution in [0.3, 0.4) is 0 Å². The van der Waals surface area contributed by atoms with Crippen molar-refractivity contribution in [1.82, 2.24) is 0 Å². The molecule has 162 valence electrons. The second-order valence-corrected chi connectivity index (χ2v) is 9.15. The van der Waals surface area contributed by atoms with Gasteiger partial charge in [0.25, 0.3) is 10.0 Å². The Morgan fingerprint density at radius 2 is 1.52 bits per heavy atom. The largest absolute Gasteiger partial charge is 0.324 e. The van der Waals surface area contributed by atoms with Gasteiger partial charge in [0.1, 0.15) is 6.54 Å². The third-order valence-electron chi connectivity index (χ3n) is 4.72. The molecule has 5 nitrogen and oxygen atoms in total. The zero-order valence-corrected chi connectivity index (χ0v) is 18.1. The second kappa shape index (κ2) is 8.85. The molecule has 0 radical (unpaired) electrons. The molecule has 3 aromatic rings. The predicted octanol–water partition coefficient (Wildman–Crippen LogP) is 4.72. The van der Waals surface area contributed by atoms with Crippen LogP contribution in [0.1, 0.15) is 16.7 Å². The van der Waals surface area contributed by atoms with Crippen molar-refractivity contribution >= 4 is 27.3 Å². The van der Waals surface area contributed by atoms with E-state index in [1.54, 1.807) is 31.2 Å². The fourth-order valence-electron chi connectivity index (χ4n) is 3.13. The molecule has 0 aliphatic rings. The molecule has 0 heterocycles. The Labute approximate surface area is 180 Å². The van der Waals surface area contributed by atoms with E-state index < -0.39 is 34.1 Å². The topological polar surface area (TPSA) is 66.5 Å². The summed E-state index contributed by atoms with van der Waals surface area (Å²) in [6.07, 6.45) is 0. The van der Waals surface area contributed by atoms with E-state index in [2.05, 4.69) is 5.32 Å². The van der Waals surface area contributed by atoms with Crippen molar-refractivity contribution in [3.63, 3.8) is 0 Å². The van der Waals surface area contributed by atoms with Gasteiger partial charge in [-0.2, -0.15) is 0 Å². The molecular weight excluding hydrogens is 422 g/mol. The number of aryl methyl sites for hydroxylation is 3. The lowest BCUT2D eigenvalue weighted by atomic mass is 10.1. The molecule has 1 N–H and O–H groups in total. The molecule has 0 unspecified atom stereocenters. The van der Waals surface area contributed by atoms with E-state index in [0.29, 0.717) is 11.3 Å². The van der Waals surface area contributed by atoms with Gasteiger partial charge in [-0.15, -0.1) is 0 Å². The molecule has 0 fully saturated rings. The van der Waals surface area contributed by atoms with Crippen LogP contribution < -0.4 is 9.62 Å². The molecule has 8 heteroatoms. The molecule has 3 aromatic carbocycles. The molecule has 0 spiro atoms. The monoisotopic (exact) mass is 444 g/mol. The van der Waals surface area contributed by atoms with Crippen LogP contribution in [0.5, 0.6) is 0 Å². The van der Waals surface area contributed by atoms with Gasteiger partial charge in [0.15, 0.2) is 11.6 Å². The standard InChI is InChI=1S/C23H22F2N2O3S/c1-15-4-8-19(9-5-15)31(29,30)27(22-11-6-16(2)12-17(22)3)14-23(28)26-18-7-10-20(24)21(25)13-18/h4-13H,14H2,1-3H3,(H,26,28). The van der Waals surface area contributed by atoms with Crippen molar-refractivity contribution in [2.45, 2.75) is 25.7 Å². The summed E-state index contributed by atoms with van der Waals surface area (Å²) in [5.74, 6) is -2.85. The minimum absolute atomic E-state index is 0.0252. The Hall–Kier alpha value is -3.26. The van der Waals surface area contributed by atoms with Crippen LogP contribution in [0.2, 0.25) is 0 Å². The summed E-state index contributed by atoms with van der Waals surface area (Å²) in [7, 11) is -4.07. The van der Waals surface area contributed by atoms with Crippen LogP contribution in [0, 0.1) is 32.4 Å². The van der Waals surface area contributed by atoms with Crippen LogP contribution in [0.25, 0.3) is 0 Å². The van der Waals surface area contributed by atoms with Gasteiger partial charge < -0.3 is 5.32 Å². The van der Waals surface area contributed by atoms with Gasteiger partial charge in [-0.1, -0.05) is 35.4 Å². The molecule has 1 amide bonds. The fraction of sp³-hybridized carbons (Fsp3) is 0.174. The van der Waals surface area contributed by atoms with Gasteiger partial charge in [-0.05, 0) is 56.7 Å². The average Bonchev–Trinajstić information content (AvgIpc) is 2.70. The SMILES string of the molecule is Cc1ccc(S(=O)(=O)N(CC(=O)Nc2ccc(F)c(F)c2)c2ccc(C)cc2C)cc1. The lowest BCUT2D eigenvalue weighted by Gasteiger charge is -2.26. The normalized spacial score (nSPS) is 11.3. The third kappa shape index (κ3) is 5.08. The number of hydrogen-bond acceptors (Lipinski definition) is 3. The maximum absolute atomic E-state index is 13.5. The van der Waals surface area contributed by atoms with E-state index in [1.165, 1.54) is 18.2 Å². The van der Waals surface area contributed by atoms with E-state index in [-0.39, 0.29) is 10.6 Å². The first-order valence-corrected chi connectivity index (χ1v) is 10.9. The van der Waals surface area contributed by atoms with Gasteiger partial charge in [0, 0.05) is 11.8 Å². The summed E-state index contributed by atoms with van der Waals surface area (Å²) >= 11 is 0. The van der Waals surface area contributed by atoms with Crippen LogP contribution in [0.4, 0.5) is 20.2 Å². The highest BCUT2D eigenvalue weighted by Gasteiger charge is 2.28. The summed E-state index contributed by atoms with van der Waals surface area (Å²) in [6.45, 7) is 4.94. The Bertz CT molecular complexity index is 1230. The van der Waals surface area contributed by atoms with Crippen molar-refractivity contribution in [3.8, 4) is 0 Å². The summed E-state index contributed by atoms with van der Waals surface area (Å²) in [5.41, 5.74) is 2.90. The van der Waals surface area contributed by atoms with Gasteiger partial charge in [-0.25, -0.2) is 17.2 Å². The van der Waals surface area contributed by atoms with E-state index in [1.807, 2.05) is 19.9 Å². The number of halogens is 2. The number of anilines is 2. The van der Waals surface area contributed by atoms with E-state index >= 15 is 0 Å². The zero-order valence-electron chi connectivity index (χ0n) is 17.3. The number of nitrogens with zero attached hydrogens (tertiary/aromatic N) is 1. The van der Waals surface area contributed by atoms with E-state index in [0.717, 1.165) is 27.6 Å². The number of hydrogen-bond donors (Lipinski definition) is 1. The maximum atomic E-state index is 13.5. The first kappa shape index (κ1) is 22.4. The maximum Gasteiger partial charge on any atom is 0.264 e. The molecule has 0 aliphatic carbocycles. The van der Waals surface area contributed by atoms with Crippen molar-refractivity contribution in [1.29, 1.82) is 0 Å². The lowest BCUT2D eigenvalue weighted by Crippen LogP contribution is -2.38. The van der Waals surface area contributed by atoms with Crippen molar-refractivity contribution < 1.29 is 22.0 Å². The molecular formula is C23H22F2N2O3S. The molecule has 0 saturated heterocycles. The molecule has 0 bridgehead atoms. The summed E-state index contributed by atoms with van der Waals surface area (Å²) in [6, 6.07) is 14.5. The summed E-state index contributed by atoms with van der Waals surface area (Å²) < 4.78 is 54.4. The second-order valence-electron chi connectivity index (χ2n) is 7.29. The molecule has 31 heavy (non-hydrogen) atoms. The Morgan fingerprint density at radius 3 is 2.13 bits per heavy atom. The van der Waals surface area contributed by atoms with E-state index in [4.69, 9.17) is 0 Å². The Kier molecular flexibility index (Phi) is 6.40. The van der Waals surface area contributed by atoms with Crippen LogP contribution in [0.15, 0.2) is 65.6 Å². The minimum atomic E-state index is -4.07. The number of carbonyl (C=O) groups excluding carboxylic acids is 1. The number of sulfonamides is 1. The smallest absolute Gasteiger partial charge is 0.264 e. The fourth-order valence-corrected chi connectivity index (χ4v) is 4.61. The number of benzene rings is 3. The number of amides is 1. The molecule has 0 aliphatic heterocycles. The number of rotatable bonds is 6. The van der Waals surface area contributed by atoms with Crippen molar-refractivity contribution in [2.24, 2.45) is 0 Å². The average molecular weight is 445 g/mol. The van der Waals surface area contributed by atoms with Gasteiger partial charge in [0.05, 0.1) is 10.6 Å². The van der Waals surface area contributed by atoms with Crippen molar-refractivity contribution in [3.05, 3.63) is 89.0 Å². The molecule has 3 rings (SSSR count).